The van der Waals surface area contributed by atoms with Crippen LogP contribution in [0.15, 0.2) is 33.6 Å². The highest BCUT2D eigenvalue weighted by Crippen LogP contribution is 2.15. The molecular formula is C14H22BrNOS. The van der Waals surface area contributed by atoms with E-state index >= 15 is 0 Å². The molecule has 102 valence electrons. The molecule has 0 fully saturated rings. The molecular weight excluding hydrogens is 310 g/mol. The van der Waals surface area contributed by atoms with Gasteiger partial charge in [-0.05, 0) is 44.5 Å². The average Bonchev–Trinajstić information content (AvgIpc) is 2.35. The van der Waals surface area contributed by atoms with Gasteiger partial charge in [-0.25, -0.2) is 0 Å². The van der Waals surface area contributed by atoms with Gasteiger partial charge in [0.25, 0.3) is 0 Å². The molecule has 0 heterocycles. The van der Waals surface area contributed by atoms with Gasteiger partial charge < -0.3 is 5.32 Å². The molecule has 0 spiro atoms. The smallest absolute Gasteiger partial charge is 0.0529 e. The van der Waals surface area contributed by atoms with Gasteiger partial charge in [0.2, 0.25) is 0 Å². The Hall–Kier alpha value is -0.190. The topological polar surface area (TPSA) is 29.1 Å². The Labute approximate surface area is 121 Å². The lowest BCUT2D eigenvalue weighted by molar-refractivity contribution is 0.509. The molecule has 2 nitrogen and oxygen atoms in total. The molecule has 18 heavy (non-hydrogen) atoms. The second kappa shape index (κ2) is 8.83. The highest BCUT2D eigenvalue weighted by atomic mass is 79.9. The predicted molar refractivity (Wildman–Crippen MR) is 82.4 cm³/mol. The Bertz CT molecular complexity index is 384. The van der Waals surface area contributed by atoms with Crippen molar-refractivity contribution in [3.05, 3.63) is 28.7 Å². The van der Waals surface area contributed by atoms with Gasteiger partial charge in [-0.3, -0.25) is 4.21 Å². The van der Waals surface area contributed by atoms with Crippen molar-refractivity contribution in [3.8, 4) is 0 Å². The molecule has 2 atom stereocenters. The molecule has 0 aromatic heterocycles. The zero-order valence-corrected chi connectivity index (χ0v) is 13.5. The van der Waals surface area contributed by atoms with Crippen LogP contribution in [0.2, 0.25) is 0 Å². The van der Waals surface area contributed by atoms with Gasteiger partial charge in [-0.15, -0.1) is 0 Å². The molecule has 1 aromatic rings. The minimum Gasteiger partial charge on any atom is -0.315 e. The molecule has 1 aromatic carbocycles. The summed E-state index contributed by atoms with van der Waals surface area (Å²) in [5.74, 6) is 0.759. The van der Waals surface area contributed by atoms with Gasteiger partial charge >= 0.3 is 0 Å². The number of halogens is 1. The van der Waals surface area contributed by atoms with E-state index in [0.717, 1.165) is 40.9 Å². The van der Waals surface area contributed by atoms with E-state index in [9.17, 15) is 4.21 Å². The average molecular weight is 332 g/mol. The van der Waals surface area contributed by atoms with Crippen LogP contribution in [0.5, 0.6) is 0 Å². The molecule has 0 amide bonds. The maximum absolute atomic E-state index is 12.0. The molecule has 0 aliphatic carbocycles. The predicted octanol–water partition coefficient (Wildman–Crippen LogP) is 3.73. The largest absolute Gasteiger partial charge is 0.315 e. The van der Waals surface area contributed by atoms with E-state index in [-0.39, 0.29) is 0 Å². The second-order valence-electron chi connectivity index (χ2n) is 4.46. The SMILES string of the molecule is CCNC(C)CCCCS(=O)c1cccc(Br)c1. The lowest BCUT2D eigenvalue weighted by atomic mass is 10.1. The second-order valence-corrected chi connectivity index (χ2v) is 6.95. The number of hydrogen-bond donors (Lipinski definition) is 1. The maximum atomic E-state index is 12.0. The molecule has 0 saturated heterocycles. The summed E-state index contributed by atoms with van der Waals surface area (Å²) in [5.41, 5.74) is 0. The number of nitrogens with one attached hydrogen (secondary N) is 1. The monoisotopic (exact) mass is 331 g/mol. The van der Waals surface area contributed by atoms with E-state index in [1.807, 2.05) is 24.3 Å². The van der Waals surface area contributed by atoms with E-state index in [1.54, 1.807) is 0 Å². The summed E-state index contributed by atoms with van der Waals surface area (Å²) in [7, 11) is -0.863. The fraction of sp³-hybridized carbons (Fsp3) is 0.571. The summed E-state index contributed by atoms with van der Waals surface area (Å²) in [5, 5.41) is 3.39. The van der Waals surface area contributed by atoms with Gasteiger partial charge in [0.1, 0.15) is 0 Å². The lowest BCUT2D eigenvalue weighted by Crippen LogP contribution is -2.25. The fourth-order valence-electron chi connectivity index (χ4n) is 1.86. The first-order valence-corrected chi connectivity index (χ1v) is 8.62. The number of hydrogen-bond acceptors (Lipinski definition) is 2. The van der Waals surface area contributed by atoms with Crippen LogP contribution in [0.1, 0.15) is 33.1 Å². The van der Waals surface area contributed by atoms with Crippen LogP contribution in [0.25, 0.3) is 0 Å². The van der Waals surface area contributed by atoms with Crippen molar-refractivity contribution in [2.45, 2.75) is 44.0 Å². The van der Waals surface area contributed by atoms with Crippen molar-refractivity contribution in [2.75, 3.05) is 12.3 Å². The lowest BCUT2D eigenvalue weighted by Gasteiger charge is -2.11. The van der Waals surface area contributed by atoms with E-state index in [4.69, 9.17) is 0 Å². The summed E-state index contributed by atoms with van der Waals surface area (Å²) in [4.78, 5) is 0.920. The van der Waals surface area contributed by atoms with Crippen LogP contribution < -0.4 is 5.32 Å². The Morgan fingerprint density at radius 1 is 1.39 bits per heavy atom. The van der Waals surface area contributed by atoms with Crippen LogP contribution in [-0.4, -0.2) is 22.5 Å². The minimum atomic E-state index is -0.863. The van der Waals surface area contributed by atoms with Gasteiger partial charge in [0.15, 0.2) is 0 Å². The van der Waals surface area contributed by atoms with Gasteiger partial charge in [-0.1, -0.05) is 35.3 Å². The van der Waals surface area contributed by atoms with Crippen molar-refractivity contribution in [1.29, 1.82) is 0 Å². The highest BCUT2D eigenvalue weighted by Gasteiger charge is 2.05. The summed E-state index contributed by atoms with van der Waals surface area (Å²) < 4.78 is 13.0. The summed E-state index contributed by atoms with van der Waals surface area (Å²) in [6.07, 6.45) is 3.31. The van der Waals surface area contributed by atoms with Gasteiger partial charge in [-0.2, -0.15) is 0 Å². The minimum absolute atomic E-state index is 0.564. The summed E-state index contributed by atoms with van der Waals surface area (Å²) >= 11 is 3.41. The zero-order valence-electron chi connectivity index (χ0n) is 11.1. The Morgan fingerprint density at radius 3 is 2.83 bits per heavy atom. The third kappa shape index (κ3) is 6.12. The van der Waals surface area contributed by atoms with Gasteiger partial charge in [0, 0.05) is 21.2 Å². The quantitative estimate of drug-likeness (QED) is 0.735. The first-order chi connectivity index (χ1) is 8.63. The van der Waals surface area contributed by atoms with E-state index in [0.29, 0.717) is 6.04 Å². The van der Waals surface area contributed by atoms with E-state index in [1.165, 1.54) is 0 Å². The fourth-order valence-corrected chi connectivity index (χ4v) is 3.60. The van der Waals surface area contributed by atoms with Crippen LogP contribution in [0, 0.1) is 0 Å². The number of benzene rings is 1. The number of unbranched alkanes of at least 4 members (excludes halogenated alkanes) is 1. The third-order valence-electron chi connectivity index (χ3n) is 2.83. The molecule has 0 radical (unpaired) electrons. The molecule has 1 rings (SSSR count). The molecule has 4 heteroatoms. The summed E-state index contributed by atoms with van der Waals surface area (Å²) in [6, 6.07) is 8.33. The van der Waals surface area contributed by atoms with E-state index < -0.39 is 10.8 Å². The first kappa shape index (κ1) is 15.9. The molecule has 0 saturated carbocycles. The molecule has 1 N–H and O–H groups in total. The van der Waals surface area contributed by atoms with Crippen LogP contribution >= 0.6 is 15.9 Å². The Kier molecular flexibility index (Phi) is 7.79. The highest BCUT2D eigenvalue weighted by molar-refractivity contribution is 9.10. The normalized spacial score (nSPS) is 14.4. The molecule has 0 bridgehead atoms. The van der Waals surface area contributed by atoms with Crippen molar-refractivity contribution >= 4 is 26.7 Å². The van der Waals surface area contributed by atoms with Crippen LogP contribution in [-0.2, 0) is 10.8 Å². The third-order valence-corrected chi connectivity index (χ3v) is 4.76. The Balaban J connectivity index is 2.25. The summed E-state index contributed by atoms with van der Waals surface area (Å²) in [6.45, 7) is 5.35. The van der Waals surface area contributed by atoms with Crippen molar-refractivity contribution in [2.24, 2.45) is 0 Å². The zero-order chi connectivity index (χ0) is 13.4. The van der Waals surface area contributed by atoms with Gasteiger partial charge in [0.05, 0.1) is 10.8 Å². The molecule has 0 aliphatic heterocycles. The molecule has 2 unspecified atom stereocenters. The van der Waals surface area contributed by atoms with Crippen molar-refractivity contribution in [1.82, 2.24) is 5.32 Å². The van der Waals surface area contributed by atoms with Crippen molar-refractivity contribution < 1.29 is 4.21 Å². The standard InChI is InChI=1S/C14H22BrNOS/c1-3-16-12(2)7-4-5-10-18(17)14-9-6-8-13(15)11-14/h6,8-9,11-12,16H,3-5,7,10H2,1-2H3. The Morgan fingerprint density at radius 2 is 2.17 bits per heavy atom. The maximum Gasteiger partial charge on any atom is 0.0529 e. The first-order valence-electron chi connectivity index (χ1n) is 6.50. The van der Waals surface area contributed by atoms with Crippen LogP contribution in [0.3, 0.4) is 0 Å². The van der Waals surface area contributed by atoms with Crippen molar-refractivity contribution in [3.63, 3.8) is 0 Å². The van der Waals surface area contributed by atoms with E-state index in [2.05, 4.69) is 35.1 Å². The molecule has 0 aliphatic rings. The number of rotatable bonds is 8. The van der Waals surface area contributed by atoms with Crippen LogP contribution in [0.4, 0.5) is 0 Å².